The van der Waals surface area contributed by atoms with Crippen molar-refractivity contribution in [3.05, 3.63) is 24.2 Å². The van der Waals surface area contributed by atoms with Crippen molar-refractivity contribution >= 4 is 11.2 Å². The summed E-state index contributed by atoms with van der Waals surface area (Å²) in [7, 11) is 2.02. The summed E-state index contributed by atoms with van der Waals surface area (Å²) in [6.07, 6.45) is 3.58. The van der Waals surface area contributed by atoms with Gasteiger partial charge in [0.25, 0.3) is 0 Å². The molecule has 0 saturated carbocycles. The molecule has 0 saturated heterocycles. The monoisotopic (exact) mass is 218 g/mol. The van der Waals surface area contributed by atoms with Crippen molar-refractivity contribution in [2.24, 2.45) is 12.8 Å². The molecule has 0 unspecified atom stereocenters. The van der Waals surface area contributed by atoms with Gasteiger partial charge in [0.2, 0.25) is 0 Å². The number of nitrogens with two attached hydrogens (primary N) is 1. The standard InChI is InChI=1S/C12H18N4/c1-12(2,13)7-6-10-15-11-9(16(10)3)5-4-8-14-11/h4-5,8H,6-7,13H2,1-3H3. The molecule has 0 amide bonds. The van der Waals surface area contributed by atoms with Gasteiger partial charge in [-0.1, -0.05) is 0 Å². The van der Waals surface area contributed by atoms with Crippen molar-refractivity contribution in [3.8, 4) is 0 Å². The Balaban J connectivity index is 2.28. The molecule has 0 atom stereocenters. The summed E-state index contributed by atoms with van der Waals surface area (Å²) in [6.45, 7) is 4.07. The maximum absolute atomic E-state index is 5.97. The van der Waals surface area contributed by atoms with Crippen LogP contribution < -0.4 is 5.73 Å². The van der Waals surface area contributed by atoms with Crippen LogP contribution in [-0.4, -0.2) is 20.1 Å². The Morgan fingerprint density at radius 1 is 1.44 bits per heavy atom. The van der Waals surface area contributed by atoms with Crippen molar-refractivity contribution in [2.75, 3.05) is 0 Å². The fourth-order valence-electron chi connectivity index (χ4n) is 1.73. The van der Waals surface area contributed by atoms with E-state index < -0.39 is 0 Å². The molecule has 2 N–H and O–H groups in total. The van der Waals surface area contributed by atoms with Crippen molar-refractivity contribution in [2.45, 2.75) is 32.2 Å². The number of hydrogen-bond donors (Lipinski definition) is 1. The first-order valence-corrected chi connectivity index (χ1v) is 5.52. The highest BCUT2D eigenvalue weighted by molar-refractivity contribution is 5.71. The van der Waals surface area contributed by atoms with E-state index in [2.05, 4.69) is 14.5 Å². The van der Waals surface area contributed by atoms with Crippen LogP contribution in [0.4, 0.5) is 0 Å². The minimum absolute atomic E-state index is 0.147. The average Bonchev–Trinajstić information content (AvgIpc) is 2.53. The van der Waals surface area contributed by atoms with Crippen LogP contribution in [-0.2, 0) is 13.5 Å². The Morgan fingerprint density at radius 2 is 2.19 bits per heavy atom. The Hall–Kier alpha value is -1.42. The Bertz CT molecular complexity index is 493. The molecule has 2 aromatic rings. The number of pyridine rings is 1. The highest BCUT2D eigenvalue weighted by Crippen LogP contribution is 2.15. The summed E-state index contributed by atoms with van der Waals surface area (Å²) in [5.41, 5.74) is 7.72. The minimum Gasteiger partial charge on any atom is -0.330 e. The fourth-order valence-corrected chi connectivity index (χ4v) is 1.73. The number of fused-ring (bicyclic) bond motifs is 1. The molecule has 0 fully saturated rings. The number of hydrogen-bond acceptors (Lipinski definition) is 3. The molecule has 0 spiro atoms. The Morgan fingerprint density at radius 3 is 2.81 bits per heavy atom. The van der Waals surface area contributed by atoms with Gasteiger partial charge >= 0.3 is 0 Å². The number of aryl methyl sites for hydroxylation is 2. The van der Waals surface area contributed by atoms with E-state index in [-0.39, 0.29) is 5.54 Å². The van der Waals surface area contributed by atoms with Crippen molar-refractivity contribution in [1.82, 2.24) is 14.5 Å². The summed E-state index contributed by atoms with van der Waals surface area (Å²) in [6, 6.07) is 3.97. The first kappa shape index (κ1) is 11.1. The molecule has 0 radical (unpaired) electrons. The molecule has 2 heterocycles. The minimum atomic E-state index is -0.147. The topological polar surface area (TPSA) is 56.7 Å². The van der Waals surface area contributed by atoms with Crippen LogP contribution in [0.1, 0.15) is 26.1 Å². The van der Waals surface area contributed by atoms with Crippen LogP contribution in [0.15, 0.2) is 18.3 Å². The average molecular weight is 218 g/mol. The lowest BCUT2D eigenvalue weighted by atomic mass is 10.00. The number of nitrogens with zero attached hydrogens (tertiary/aromatic N) is 3. The zero-order valence-corrected chi connectivity index (χ0v) is 10.1. The Labute approximate surface area is 95.5 Å². The maximum atomic E-state index is 5.97. The smallest absolute Gasteiger partial charge is 0.177 e. The number of rotatable bonds is 3. The van der Waals surface area contributed by atoms with Gasteiger partial charge in [0.1, 0.15) is 5.82 Å². The summed E-state index contributed by atoms with van der Waals surface area (Å²) in [5, 5.41) is 0. The summed E-state index contributed by atoms with van der Waals surface area (Å²) in [5.74, 6) is 1.05. The highest BCUT2D eigenvalue weighted by atomic mass is 15.1. The Kier molecular flexibility index (Phi) is 2.68. The molecule has 2 rings (SSSR count). The third kappa shape index (κ3) is 2.22. The quantitative estimate of drug-likeness (QED) is 0.852. The lowest BCUT2D eigenvalue weighted by Crippen LogP contribution is -2.32. The lowest BCUT2D eigenvalue weighted by molar-refractivity contribution is 0.468. The van der Waals surface area contributed by atoms with Crippen LogP contribution in [0.2, 0.25) is 0 Å². The zero-order chi connectivity index (χ0) is 11.8. The van der Waals surface area contributed by atoms with E-state index in [4.69, 9.17) is 5.73 Å². The SMILES string of the molecule is Cn1c(CCC(C)(C)N)nc2ncccc21. The van der Waals surface area contributed by atoms with Crippen molar-refractivity contribution in [1.29, 1.82) is 0 Å². The molecule has 4 nitrogen and oxygen atoms in total. The second kappa shape index (κ2) is 3.87. The first-order chi connectivity index (χ1) is 7.47. The molecule has 0 aliphatic rings. The molecule has 86 valence electrons. The van der Waals surface area contributed by atoms with Gasteiger partial charge in [-0.3, -0.25) is 0 Å². The van der Waals surface area contributed by atoms with Crippen LogP contribution in [0.25, 0.3) is 11.2 Å². The maximum Gasteiger partial charge on any atom is 0.177 e. The summed E-state index contributed by atoms with van der Waals surface area (Å²) >= 11 is 0. The van der Waals surface area contributed by atoms with Gasteiger partial charge in [-0.15, -0.1) is 0 Å². The van der Waals surface area contributed by atoms with E-state index in [0.29, 0.717) is 0 Å². The van der Waals surface area contributed by atoms with Crippen LogP contribution >= 0.6 is 0 Å². The van der Waals surface area contributed by atoms with Gasteiger partial charge in [0.05, 0.1) is 5.52 Å². The van der Waals surface area contributed by atoms with Crippen LogP contribution in [0.3, 0.4) is 0 Å². The first-order valence-electron chi connectivity index (χ1n) is 5.52. The predicted octanol–water partition coefficient (Wildman–Crippen LogP) is 1.64. The number of imidazole rings is 1. The third-order valence-corrected chi connectivity index (χ3v) is 2.74. The van der Waals surface area contributed by atoms with E-state index >= 15 is 0 Å². The normalized spacial score (nSPS) is 12.2. The molecule has 4 heteroatoms. The van der Waals surface area contributed by atoms with E-state index in [1.807, 2.05) is 33.0 Å². The van der Waals surface area contributed by atoms with Gasteiger partial charge in [-0.05, 0) is 32.4 Å². The van der Waals surface area contributed by atoms with E-state index in [9.17, 15) is 0 Å². The van der Waals surface area contributed by atoms with E-state index in [0.717, 1.165) is 29.8 Å². The number of aromatic nitrogens is 3. The van der Waals surface area contributed by atoms with Gasteiger partial charge in [-0.2, -0.15) is 0 Å². The molecular formula is C12H18N4. The highest BCUT2D eigenvalue weighted by Gasteiger charge is 2.14. The third-order valence-electron chi connectivity index (χ3n) is 2.74. The molecule has 16 heavy (non-hydrogen) atoms. The van der Waals surface area contributed by atoms with Crippen molar-refractivity contribution in [3.63, 3.8) is 0 Å². The van der Waals surface area contributed by atoms with Gasteiger partial charge in [0, 0.05) is 25.2 Å². The second-order valence-electron chi connectivity index (χ2n) is 4.92. The molecule has 0 aromatic carbocycles. The molecule has 0 bridgehead atoms. The molecular weight excluding hydrogens is 200 g/mol. The van der Waals surface area contributed by atoms with Gasteiger partial charge < -0.3 is 10.3 Å². The van der Waals surface area contributed by atoms with Gasteiger partial charge in [0.15, 0.2) is 5.65 Å². The van der Waals surface area contributed by atoms with Crippen LogP contribution in [0.5, 0.6) is 0 Å². The van der Waals surface area contributed by atoms with Gasteiger partial charge in [-0.25, -0.2) is 9.97 Å². The largest absolute Gasteiger partial charge is 0.330 e. The van der Waals surface area contributed by atoms with Crippen LogP contribution in [0, 0.1) is 0 Å². The fraction of sp³-hybridized carbons (Fsp3) is 0.500. The zero-order valence-electron chi connectivity index (χ0n) is 10.1. The molecule has 2 aromatic heterocycles. The second-order valence-corrected chi connectivity index (χ2v) is 4.92. The summed E-state index contributed by atoms with van der Waals surface area (Å²) < 4.78 is 2.09. The molecule has 0 aliphatic heterocycles. The summed E-state index contributed by atoms with van der Waals surface area (Å²) in [4.78, 5) is 8.76. The van der Waals surface area contributed by atoms with E-state index in [1.54, 1.807) is 6.20 Å². The van der Waals surface area contributed by atoms with E-state index in [1.165, 1.54) is 0 Å². The molecule has 0 aliphatic carbocycles. The van der Waals surface area contributed by atoms with Crippen molar-refractivity contribution < 1.29 is 0 Å². The lowest BCUT2D eigenvalue weighted by Gasteiger charge is -2.17. The predicted molar refractivity (Wildman–Crippen MR) is 65.1 cm³/mol.